The average molecular weight is 285 g/mol. The highest BCUT2D eigenvalue weighted by atomic mass is 19.1. The van der Waals surface area contributed by atoms with Crippen molar-refractivity contribution in [3.8, 4) is 6.07 Å². The molecule has 1 aromatic carbocycles. The Labute approximate surface area is 122 Å². The van der Waals surface area contributed by atoms with Crippen molar-refractivity contribution >= 4 is 5.69 Å². The van der Waals surface area contributed by atoms with E-state index in [0.29, 0.717) is 11.6 Å². The highest BCUT2D eigenvalue weighted by Gasteiger charge is 2.23. The minimum Gasteiger partial charge on any atom is -0.370 e. The number of hydrogen-bond donors (Lipinski definition) is 0. The molecule has 0 N–H and O–H groups in total. The third-order valence-electron chi connectivity index (χ3n) is 3.87. The molecule has 0 amide bonds. The van der Waals surface area contributed by atoms with Crippen molar-refractivity contribution in [3.05, 3.63) is 42.2 Å². The summed E-state index contributed by atoms with van der Waals surface area (Å²) in [6.07, 6.45) is 5.37. The van der Waals surface area contributed by atoms with Crippen molar-refractivity contribution < 1.29 is 4.39 Å². The van der Waals surface area contributed by atoms with Gasteiger partial charge in [-0.3, -0.25) is 4.68 Å². The molecule has 108 valence electrons. The molecule has 0 saturated carbocycles. The third-order valence-corrected chi connectivity index (χ3v) is 3.87. The molecule has 1 aliphatic rings. The molecule has 2 heterocycles. The molecule has 1 aromatic heterocycles. The van der Waals surface area contributed by atoms with E-state index in [0.717, 1.165) is 32.5 Å². The Balaban J connectivity index is 1.77. The molecule has 3 rings (SSSR count). The van der Waals surface area contributed by atoms with E-state index in [-0.39, 0.29) is 5.56 Å². The van der Waals surface area contributed by atoms with Gasteiger partial charge in [0, 0.05) is 19.6 Å². The van der Waals surface area contributed by atoms with Crippen molar-refractivity contribution in [1.82, 2.24) is 14.8 Å². The lowest BCUT2D eigenvalue weighted by molar-refractivity contribution is 0.351. The zero-order valence-corrected chi connectivity index (χ0v) is 11.6. The standard InChI is InChI=1S/C15H16FN5/c16-14-4-1-5-15(13(14)7-17)20-6-2-3-12(8-20)9-21-11-18-10-19-21/h1,4-5,10-12H,2-3,6,8-9H2/t12-/m1/s1. The van der Waals surface area contributed by atoms with Gasteiger partial charge in [0.2, 0.25) is 0 Å². The molecule has 21 heavy (non-hydrogen) atoms. The van der Waals surface area contributed by atoms with Crippen LogP contribution in [0, 0.1) is 23.1 Å². The van der Waals surface area contributed by atoms with Crippen LogP contribution in [0.5, 0.6) is 0 Å². The maximum atomic E-state index is 13.7. The first-order chi connectivity index (χ1) is 10.3. The zero-order valence-electron chi connectivity index (χ0n) is 11.6. The van der Waals surface area contributed by atoms with E-state index < -0.39 is 5.82 Å². The summed E-state index contributed by atoms with van der Waals surface area (Å²) >= 11 is 0. The maximum Gasteiger partial charge on any atom is 0.143 e. The van der Waals surface area contributed by atoms with Crippen molar-refractivity contribution in [3.63, 3.8) is 0 Å². The van der Waals surface area contributed by atoms with Crippen LogP contribution in [0.2, 0.25) is 0 Å². The number of rotatable bonds is 3. The molecular weight excluding hydrogens is 269 g/mol. The fourth-order valence-corrected chi connectivity index (χ4v) is 2.91. The van der Waals surface area contributed by atoms with Gasteiger partial charge in [-0.2, -0.15) is 10.4 Å². The lowest BCUT2D eigenvalue weighted by Gasteiger charge is -2.34. The quantitative estimate of drug-likeness (QED) is 0.867. The smallest absolute Gasteiger partial charge is 0.143 e. The second kappa shape index (κ2) is 5.92. The highest BCUT2D eigenvalue weighted by molar-refractivity contribution is 5.60. The molecule has 2 aromatic rings. The largest absolute Gasteiger partial charge is 0.370 e. The number of nitriles is 1. The van der Waals surface area contributed by atoms with Gasteiger partial charge in [-0.25, -0.2) is 9.37 Å². The normalized spacial score (nSPS) is 18.5. The molecule has 5 nitrogen and oxygen atoms in total. The first kappa shape index (κ1) is 13.6. The summed E-state index contributed by atoms with van der Waals surface area (Å²) in [5.74, 6) is -0.0244. The van der Waals surface area contributed by atoms with E-state index >= 15 is 0 Å². The number of anilines is 1. The number of aromatic nitrogens is 3. The van der Waals surface area contributed by atoms with Gasteiger partial charge in [0.25, 0.3) is 0 Å². The average Bonchev–Trinajstić information content (AvgIpc) is 3.00. The SMILES string of the molecule is N#Cc1c(F)cccc1N1CCC[C@@H](Cn2cncn2)C1. The van der Waals surface area contributed by atoms with Crippen LogP contribution in [-0.2, 0) is 6.54 Å². The van der Waals surface area contributed by atoms with Crippen LogP contribution in [0.3, 0.4) is 0 Å². The van der Waals surface area contributed by atoms with Crippen LogP contribution in [0.25, 0.3) is 0 Å². The predicted molar refractivity (Wildman–Crippen MR) is 76.1 cm³/mol. The minimum atomic E-state index is -0.451. The van der Waals surface area contributed by atoms with Crippen molar-refractivity contribution in [2.45, 2.75) is 19.4 Å². The van der Waals surface area contributed by atoms with E-state index in [2.05, 4.69) is 15.0 Å². The van der Waals surface area contributed by atoms with E-state index in [1.165, 1.54) is 12.4 Å². The van der Waals surface area contributed by atoms with Gasteiger partial charge in [0.15, 0.2) is 0 Å². The van der Waals surface area contributed by atoms with Crippen LogP contribution in [-0.4, -0.2) is 27.9 Å². The predicted octanol–water partition coefficient (Wildman–Crippen LogP) is 2.21. The minimum absolute atomic E-state index is 0.138. The van der Waals surface area contributed by atoms with Gasteiger partial charge in [-0.15, -0.1) is 0 Å². The van der Waals surface area contributed by atoms with E-state index in [9.17, 15) is 4.39 Å². The first-order valence-corrected chi connectivity index (χ1v) is 7.04. The second-order valence-corrected chi connectivity index (χ2v) is 5.32. The van der Waals surface area contributed by atoms with Crippen LogP contribution < -0.4 is 4.90 Å². The lowest BCUT2D eigenvalue weighted by Crippen LogP contribution is -2.37. The highest BCUT2D eigenvalue weighted by Crippen LogP contribution is 2.28. The molecule has 1 atom stereocenters. The van der Waals surface area contributed by atoms with Crippen LogP contribution in [0.4, 0.5) is 10.1 Å². The summed E-state index contributed by atoms with van der Waals surface area (Å²) in [5, 5.41) is 13.3. The number of hydrogen-bond acceptors (Lipinski definition) is 4. The van der Waals surface area contributed by atoms with E-state index in [4.69, 9.17) is 5.26 Å². The van der Waals surface area contributed by atoms with Crippen molar-refractivity contribution in [1.29, 1.82) is 5.26 Å². The fraction of sp³-hybridized carbons (Fsp3) is 0.400. The number of halogens is 1. The summed E-state index contributed by atoms with van der Waals surface area (Å²) < 4.78 is 15.6. The summed E-state index contributed by atoms with van der Waals surface area (Å²) in [6, 6.07) is 6.79. The van der Waals surface area contributed by atoms with Gasteiger partial charge in [-0.05, 0) is 30.9 Å². The topological polar surface area (TPSA) is 57.7 Å². The van der Waals surface area contributed by atoms with Gasteiger partial charge < -0.3 is 4.90 Å². The van der Waals surface area contributed by atoms with E-state index in [1.807, 2.05) is 16.8 Å². The van der Waals surface area contributed by atoms with Crippen LogP contribution >= 0.6 is 0 Å². The first-order valence-electron chi connectivity index (χ1n) is 7.04. The Bertz CT molecular complexity index is 647. The lowest BCUT2D eigenvalue weighted by atomic mass is 9.97. The third kappa shape index (κ3) is 2.87. The fourth-order valence-electron chi connectivity index (χ4n) is 2.91. The van der Waals surface area contributed by atoms with Crippen LogP contribution in [0.1, 0.15) is 18.4 Å². The van der Waals surface area contributed by atoms with Gasteiger partial charge in [-0.1, -0.05) is 6.07 Å². The number of piperidine rings is 1. The summed E-state index contributed by atoms with van der Waals surface area (Å²) in [4.78, 5) is 6.05. The van der Waals surface area contributed by atoms with Gasteiger partial charge in [0.05, 0.1) is 5.69 Å². The van der Waals surface area contributed by atoms with Crippen molar-refractivity contribution in [2.24, 2.45) is 5.92 Å². The monoisotopic (exact) mass is 285 g/mol. The molecule has 0 radical (unpaired) electrons. The Morgan fingerprint density at radius 3 is 3.10 bits per heavy atom. The summed E-state index contributed by atoms with van der Waals surface area (Å²) in [5.41, 5.74) is 0.833. The zero-order chi connectivity index (χ0) is 14.7. The molecule has 0 unspecified atom stereocenters. The Kier molecular flexibility index (Phi) is 3.82. The molecule has 1 saturated heterocycles. The molecule has 1 aliphatic heterocycles. The number of benzene rings is 1. The van der Waals surface area contributed by atoms with Crippen molar-refractivity contribution in [2.75, 3.05) is 18.0 Å². The molecular formula is C15H16FN5. The molecule has 0 aliphatic carbocycles. The molecule has 1 fully saturated rings. The van der Waals surface area contributed by atoms with Gasteiger partial charge in [0.1, 0.15) is 30.1 Å². The molecule has 0 spiro atoms. The summed E-state index contributed by atoms with van der Waals surface area (Å²) in [6.45, 7) is 2.46. The molecule has 6 heteroatoms. The maximum absolute atomic E-state index is 13.7. The van der Waals surface area contributed by atoms with Gasteiger partial charge >= 0.3 is 0 Å². The van der Waals surface area contributed by atoms with Crippen LogP contribution in [0.15, 0.2) is 30.9 Å². The number of nitrogens with zero attached hydrogens (tertiary/aromatic N) is 5. The van der Waals surface area contributed by atoms with E-state index in [1.54, 1.807) is 12.4 Å². The molecule has 0 bridgehead atoms. The Hall–Kier alpha value is -2.42. The summed E-state index contributed by atoms with van der Waals surface area (Å²) in [7, 11) is 0. The second-order valence-electron chi connectivity index (χ2n) is 5.32. The Morgan fingerprint density at radius 2 is 2.33 bits per heavy atom. The Morgan fingerprint density at radius 1 is 1.43 bits per heavy atom.